The minimum Gasteiger partial charge on any atom is -0.233 e. The van der Waals surface area contributed by atoms with Crippen LogP contribution in [0.2, 0.25) is 0 Å². The van der Waals surface area contributed by atoms with Crippen LogP contribution in [0.3, 0.4) is 0 Å². The molecule has 338 valence electrons. The van der Waals surface area contributed by atoms with Gasteiger partial charge in [0, 0.05) is 5.56 Å². The highest BCUT2D eigenvalue weighted by atomic mass is 19.1. The Labute approximate surface area is 377 Å². The second-order valence-corrected chi connectivity index (χ2v) is 15.7. The Hall–Kier alpha value is -4.48. The van der Waals surface area contributed by atoms with E-state index >= 15 is 0 Å². The molecule has 0 N–H and O–H groups in total. The van der Waals surface area contributed by atoms with Crippen molar-refractivity contribution in [3.8, 4) is 0 Å². The lowest BCUT2D eigenvalue weighted by Gasteiger charge is -2.35. The van der Waals surface area contributed by atoms with Crippen LogP contribution in [0, 0.1) is 25.6 Å². The second kappa shape index (κ2) is 37.3. The summed E-state index contributed by atoms with van der Waals surface area (Å²) in [6, 6.07) is 20.2. The average molecular weight is 833 g/mol. The molecular weight excluding hydrogens is 744 g/mol. The number of hydrogen-bond acceptors (Lipinski definition) is 1. The lowest BCUT2D eigenvalue weighted by Crippen LogP contribution is -2.28. The van der Waals surface area contributed by atoms with E-state index in [1.54, 1.807) is 18.2 Å². The molecule has 61 heavy (non-hydrogen) atoms. The maximum absolute atomic E-state index is 13.7. The van der Waals surface area contributed by atoms with Crippen LogP contribution >= 0.6 is 0 Å². The monoisotopic (exact) mass is 833 g/mol. The van der Waals surface area contributed by atoms with E-state index in [4.69, 9.17) is 0 Å². The van der Waals surface area contributed by atoms with E-state index in [2.05, 4.69) is 131 Å². The summed E-state index contributed by atoms with van der Waals surface area (Å²) in [5.41, 5.74) is 14.3. The van der Waals surface area contributed by atoms with Gasteiger partial charge in [-0.15, -0.1) is 12.3 Å². The molecule has 0 radical (unpaired) electrons. The molecule has 2 heteroatoms. The van der Waals surface area contributed by atoms with Gasteiger partial charge in [0.2, 0.25) is 0 Å². The predicted octanol–water partition coefficient (Wildman–Crippen LogP) is 18.9. The maximum atomic E-state index is 13.7. The van der Waals surface area contributed by atoms with E-state index in [1.165, 1.54) is 68.1 Å². The van der Waals surface area contributed by atoms with Crippen LogP contribution in [0.1, 0.15) is 194 Å². The van der Waals surface area contributed by atoms with Gasteiger partial charge in [0.15, 0.2) is 0 Å². The number of carbonyl (C=O) groups excluding carboxylic acids is 1. The highest BCUT2D eigenvalue weighted by Crippen LogP contribution is 2.38. The van der Waals surface area contributed by atoms with Crippen molar-refractivity contribution in [2.75, 3.05) is 0 Å². The van der Waals surface area contributed by atoms with Gasteiger partial charge in [-0.05, 0) is 140 Å². The van der Waals surface area contributed by atoms with Crippen LogP contribution in [0.5, 0.6) is 0 Å². The Bertz CT molecular complexity index is 1800. The molecule has 0 heterocycles. The summed E-state index contributed by atoms with van der Waals surface area (Å²) >= 11 is 0. The maximum Gasteiger partial charge on any atom is 0.133 e. The molecule has 0 amide bonds. The SMILES string of the molecule is C=C/C=C\C(C)=C(/C)c1ccc(C)cc1F.C=C=C(CC)CCCC.C=CC.CC.CCCC.CCCC(CC)C(C)(C)c1ccc(C)c(C(=C=O)c2ccc(CC)cc2)c1. The fourth-order valence-electron chi connectivity index (χ4n) is 6.38. The van der Waals surface area contributed by atoms with Crippen molar-refractivity contribution in [2.45, 2.75) is 180 Å². The fourth-order valence-corrected chi connectivity index (χ4v) is 6.38. The first kappa shape index (κ1) is 60.8. The fraction of sp³-hybridized carbons (Fsp3) is 0.475. The molecule has 0 spiro atoms. The van der Waals surface area contributed by atoms with Crippen molar-refractivity contribution >= 4 is 17.1 Å². The smallest absolute Gasteiger partial charge is 0.133 e. The van der Waals surface area contributed by atoms with Gasteiger partial charge >= 0.3 is 0 Å². The van der Waals surface area contributed by atoms with Gasteiger partial charge in [-0.25, -0.2) is 9.18 Å². The van der Waals surface area contributed by atoms with Crippen LogP contribution in [0.15, 0.2) is 122 Å². The lowest BCUT2D eigenvalue weighted by atomic mass is 9.69. The minimum atomic E-state index is -0.163. The minimum absolute atomic E-state index is 0.0767. The standard InChI is InChI=1S/C26H34O.C15H17F.C9H16.C4H10.C3H6.C2H6/c1-7-10-22(9-3)26(5,6)23-16-11-19(4)24(17-23)25(18-27)21-14-12-20(8-2)13-15-21;1-5-6-7-12(3)13(4)14-9-8-11(2)10-15(14)16;1-4-7-8-9(5-2)6-3;1-3-4-2;1-3-2;1-2/h11-17,22H,7-10H2,1-6H3;5-10H,1H2,2-4H3;2,4,6-8H2,1,3H3;3-4H2,1-2H3;3H,1H2,2H3;1-2H3/b;7-6-,13-12+;;;;. The molecule has 3 aromatic carbocycles. The molecule has 0 aliphatic heterocycles. The van der Waals surface area contributed by atoms with E-state index in [-0.39, 0.29) is 11.2 Å². The molecule has 0 aromatic heterocycles. The average Bonchev–Trinajstić information content (AvgIpc) is 3.27. The molecule has 3 rings (SSSR count). The van der Waals surface area contributed by atoms with Crippen LogP contribution in [-0.4, -0.2) is 5.94 Å². The highest BCUT2D eigenvalue weighted by molar-refractivity contribution is 5.98. The first-order valence-electron chi connectivity index (χ1n) is 23.3. The first-order valence-corrected chi connectivity index (χ1v) is 23.3. The van der Waals surface area contributed by atoms with Crippen LogP contribution in [-0.2, 0) is 16.6 Å². The summed E-state index contributed by atoms with van der Waals surface area (Å²) in [6.45, 7) is 44.4. The van der Waals surface area contributed by atoms with E-state index in [0.29, 0.717) is 17.1 Å². The molecule has 0 fully saturated rings. The summed E-state index contributed by atoms with van der Waals surface area (Å²) in [7, 11) is 0. The molecule has 1 unspecified atom stereocenters. The third kappa shape index (κ3) is 23.9. The number of unbranched alkanes of at least 4 members (excludes halogenated alkanes) is 2. The lowest BCUT2D eigenvalue weighted by molar-refractivity contribution is 0.287. The van der Waals surface area contributed by atoms with Gasteiger partial charge in [-0.2, -0.15) is 0 Å². The normalized spacial score (nSPS) is 11.0. The number of allylic oxidation sites excluding steroid dienone is 7. The third-order valence-electron chi connectivity index (χ3n) is 10.8. The van der Waals surface area contributed by atoms with Crippen LogP contribution in [0.25, 0.3) is 11.1 Å². The van der Waals surface area contributed by atoms with E-state index in [0.717, 1.165) is 46.2 Å². The molecule has 3 aromatic rings. The first-order chi connectivity index (χ1) is 29.1. The quantitative estimate of drug-likeness (QED) is 0.0608. The van der Waals surface area contributed by atoms with E-state index in [1.807, 2.05) is 78.0 Å². The van der Waals surface area contributed by atoms with E-state index in [9.17, 15) is 9.18 Å². The summed E-state index contributed by atoms with van der Waals surface area (Å²) in [6.07, 6.45) is 19.3. The number of hydrogen-bond donors (Lipinski definition) is 0. The van der Waals surface area contributed by atoms with Gasteiger partial charge in [0.1, 0.15) is 11.8 Å². The number of aryl methyl sites for hydroxylation is 3. The van der Waals surface area contributed by atoms with Crippen LogP contribution < -0.4 is 0 Å². The summed E-state index contributed by atoms with van der Waals surface area (Å²) < 4.78 is 13.7. The van der Waals surface area contributed by atoms with E-state index < -0.39 is 0 Å². The summed E-state index contributed by atoms with van der Waals surface area (Å²) in [5, 5.41) is 0. The van der Waals surface area contributed by atoms with Gasteiger partial charge in [-0.1, -0.05) is 194 Å². The van der Waals surface area contributed by atoms with Crippen molar-refractivity contribution < 1.29 is 9.18 Å². The Kier molecular flexibility index (Phi) is 37.2. The molecule has 1 nitrogen and oxygen atoms in total. The van der Waals surface area contributed by atoms with Gasteiger partial charge in [0.25, 0.3) is 0 Å². The Morgan fingerprint density at radius 1 is 0.820 bits per heavy atom. The van der Waals surface area contributed by atoms with Crippen molar-refractivity contribution in [1.29, 1.82) is 0 Å². The zero-order chi connectivity index (χ0) is 47.4. The largest absolute Gasteiger partial charge is 0.233 e. The molecule has 0 saturated heterocycles. The van der Waals surface area contributed by atoms with Crippen molar-refractivity contribution in [1.82, 2.24) is 0 Å². The van der Waals surface area contributed by atoms with Gasteiger partial charge in [0.05, 0.1) is 5.57 Å². The topological polar surface area (TPSA) is 17.1 Å². The van der Waals surface area contributed by atoms with Crippen molar-refractivity contribution in [3.63, 3.8) is 0 Å². The third-order valence-corrected chi connectivity index (χ3v) is 10.8. The Morgan fingerprint density at radius 3 is 1.84 bits per heavy atom. The van der Waals surface area contributed by atoms with Gasteiger partial charge in [-0.3, -0.25) is 0 Å². The van der Waals surface area contributed by atoms with Crippen LogP contribution in [0.4, 0.5) is 4.39 Å². The Morgan fingerprint density at radius 2 is 1.41 bits per heavy atom. The Balaban J connectivity index is -0.000000833. The van der Waals surface area contributed by atoms with Gasteiger partial charge < -0.3 is 0 Å². The van der Waals surface area contributed by atoms with Crippen molar-refractivity contribution in [2.24, 2.45) is 5.92 Å². The van der Waals surface area contributed by atoms with Crippen molar-refractivity contribution in [3.05, 3.63) is 166 Å². The molecular formula is C59H89FO. The predicted molar refractivity (Wildman–Crippen MR) is 276 cm³/mol. The number of halogens is 1. The highest BCUT2D eigenvalue weighted by Gasteiger charge is 2.30. The zero-order valence-electron chi connectivity index (χ0n) is 42.1. The molecule has 0 saturated carbocycles. The molecule has 0 aliphatic rings. The molecule has 1 atom stereocenters. The zero-order valence-corrected chi connectivity index (χ0v) is 42.1. The molecule has 0 bridgehead atoms. The summed E-state index contributed by atoms with van der Waals surface area (Å²) in [5.74, 6) is 2.69. The summed E-state index contributed by atoms with van der Waals surface area (Å²) in [4.78, 5) is 11.9. The number of rotatable bonds is 16. The molecule has 0 aliphatic carbocycles. The second-order valence-electron chi connectivity index (χ2n) is 15.7. The number of benzene rings is 3.